The van der Waals surface area contributed by atoms with Crippen LogP contribution < -0.4 is 5.32 Å². The van der Waals surface area contributed by atoms with Crippen LogP contribution in [0.5, 0.6) is 0 Å². The van der Waals surface area contributed by atoms with Crippen molar-refractivity contribution in [1.82, 2.24) is 10.2 Å². The summed E-state index contributed by atoms with van der Waals surface area (Å²) in [4.78, 5) is 25.4. The molecular weight excluding hydrogens is 272 g/mol. The Morgan fingerprint density at radius 1 is 1.43 bits per heavy atom. The van der Waals surface area contributed by atoms with Gasteiger partial charge < -0.3 is 19.7 Å². The lowest BCUT2D eigenvalue weighted by atomic mass is 9.91. The first-order valence-electron chi connectivity index (χ1n) is 7.35. The number of likely N-dealkylation sites (N-methyl/N-ethyl adjacent to an activating group) is 1. The average molecular weight is 294 g/mol. The van der Waals surface area contributed by atoms with Gasteiger partial charge in [0.05, 0.1) is 18.4 Å². The number of nitrogens with one attached hydrogen (secondary N) is 1. The molecule has 2 atom stereocenters. The van der Waals surface area contributed by atoms with Crippen molar-refractivity contribution in [1.29, 1.82) is 0 Å². The van der Waals surface area contributed by atoms with Crippen molar-refractivity contribution in [3.8, 4) is 0 Å². The highest BCUT2D eigenvalue weighted by Gasteiger charge is 2.29. The third-order valence-electron chi connectivity index (χ3n) is 3.95. The van der Waals surface area contributed by atoms with Crippen LogP contribution >= 0.6 is 0 Å². The molecule has 116 valence electrons. The Kier molecular flexibility index (Phi) is 5.38. The summed E-state index contributed by atoms with van der Waals surface area (Å²) in [7, 11) is 1.72. The van der Waals surface area contributed by atoms with Crippen molar-refractivity contribution >= 4 is 11.8 Å². The van der Waals surface area contributed by atoms with Crippen molar-refractivity contribution < 1.29 is 19.1 Å². The van der Waals surface area contributed by atoms with Gasteiger partial charge in [0.1, 0.15) is 0 Å². The molecule has 1 aliphatic rings. The molecule has 6 nitrogen and oxygen atoms in total. The van der Waals surface area contributed by atoms with Crippen LogP contribution in [0.4, 0.5) is 0 Å². The van der Waals surface area contributed by atoms with Gasteiger partial charge in [0.15, 0.2) is 5.76 Å². The largest absolute Gasteiger partial charge is 0.459 e. The molecule has 1 aromatic rings. The fourth-order valence-electron chi connectivity index (χ4n) is 2.68. The maximum Gasteiger partial charge on any atom is 0.286 e. The van der Waals surface area contributed by atoms with E-state index >= 15 is 0 Å². The molecule has 0 saturated heterocycles. The molecular formula is C15H22N2O4. The average Bonchev–Trinajstić information content (AvgIpc) is 3.01. The normalized spacial score (nSPS) is 21.8. The summed E-state index contributed by atoms with van der Waals surface area (Å²) < 4.78 is 4.97. The summed E-state index contributed by atoms with van der Waals surface area (Å²) in [6, 6.07) is 3.10. The van der Waals surface area contributed by atoms with Crippen molar-refractivity contribution in [3.63, 3.8) is 0 Å². The minimum Gasteiger partial charge on any atom is -0.459 e. The number of aliphatic hydroxyl groups excluding tert-OH is 1. The van der Waals surface area contributed by atoms with Gasteiger partial charge in [-0.3, -0.25) is 9.59 Å². The quantitative estimate of drug-likeness (QED) is 0.853. The van der Waals surface area contributed by atoms with Crippen LogP contribution in [0.15, 0.2) is 22.8 Å². The number of hydrogen-bond donors (Lipinski definition) is 2. The van der Waals surface area contributed by atoms with Crippen LogP contribution in [0, 0.1) is 0 Å². The Balaban J connectivity index is 1.75. The summed E-state index contributed by atoms with van der Waals surface area (Å²) in [6.07, 6.45) is 4.84. The number of carbonyl (C=O) groups excluding carboxylic acids is 2. The van der Waals surface area contributed by atoms with Crippen LogP contribution in [-0.2, 0) is 4.79 Å². The molecule has 1 aliphatic carbocycles. The molecule has 1 saturated carbocycles. The zero-order valence-corrected chi connectivity index (χ0v) is 12.2. The molecule has 2 unspecified atom stereocenters. The van der Waals surface area contributed by atoms with E-state index in [1.807, 2.05) is 0 Å². The van der Waals surface area contributed by atoms with Gasteiger partial charge in [-0.05, 0) is 25.0 Å². The second-order valence-corrected chi connectivity index (χ2v) is 5.41. The molecule has 21 heavy (non-hydrogen) atoms. The third-order valence-corrected chi connectivity index (χ3v) is 3.95. The summed E-state index contributed by atoms with van der Waals surface area (Å²) in [5.41, 5.74) is 0. The summed E-state index contributed by atoms with van der Waals surface area (Å²) >= 11 is 0. The van der Waals surface area contributed by atoms with Gasteiger partial charge in [-0.2, -0.15) is 0 Å². The smallest absolute Gasteiger partial charge is 0.286 e. The topological polar surface area (TPSA) is 82.8 Å². The van der Waals surface area contributed by atoms with E-state index < -0.39 is 6.10 Å². The van der Waals surface area contributed by atoms with Crippen LogP contribution in [-0.4, -0.2) is 47.6 Å². The van der Waals surface area contributed by atoms with E-state index in [2.05, 4.69) is 5.32 Å². The van der Waals surface area contributed by atoms with Crippen molar-refractivity contribution in [2.45, 2.75) is 44.2 Å². The van der Waals surface area contributed by atoms with E-state index in [4.69, 9.17) is 4.42 Å². The second kappa shape index (κ2) is 7.26. The summed E-state index contributed by atoms with van der Waals surface area (Å²) in [6.45, 7) is 0.255. The van der Waals surface area contributed by atoms with Gasteiger partial charge in [-0.25, -0.2) is 0 Å². The Morgan fingerprint density at radius 2 is 2.19 bits per heavy atom. The van der Waals surface area contributed by atoms with Gasteiger partial charge in [-0.1, -0.05) is 12.8 Å². The molecule has 2 N–H and O–H groups in total. The molecule has 1 fully saturated rings. The summed E-state index contributed by atoms with van der Waals surface area (Å²) in [5.74, 6) is -0.160. The van der Waals surface area contributed by atoms with Gasteiger partial charge in [0, 0.05) is 20.0 Å². The molecule has 2 amide bonds. The first-order valence-corrected chi connectivity index (χ1v) is 7.35. The van der Waals surface area contributed by atoms with Gasteiger partial charge in [0.25, 0.3) is 5.91 Å². The molecule has 6 heteroatoms. The number of aliphatic hydroxyl groups is 1. The molecule has 1 aromatic heterocycles. The fourth-order valence-corrected chi connectivity index (χ4v) is 2.68. The van der Waals surface area contributed by atoms with Crippen LogP contribution in [0.3, 0.4) is 0 Å². The predicted octanol–water partition coefficient (Wildman–Crippen LogP) is 1.16. The Labute approximate surface area is 124 Å². The van der Waals surface area contributed by atoms with E-state index in [9.17, 15) is 14.7 Å². The Morgan fingerprint density at radius 3 is 2.86 bits per heavy atom. The number of nitrogens with zero attached hydrogens (tertiary/aromatic N) is 1. The predicted molar refractivity (Wildman–Crippen MR) is 76.7 cm³/mol. The Hall–Kier alpha value is -1.82. The third kappa shape index (κ3) is 4.07. The van der Waals surface area contributed by atoms with Gasteiger partial charge in [0.2, 0.25) is 5.91 Å². The van der Waals surface area contributed by atoms with E-state index in [1.54, 1.807) is 24.1 Å². The van der Waals surface area contributed by atoms with E-state index in [1.165, 1.54) is 6.26 Å². The molecule has 0 radical (unpaired) electrons. The number of amides is 2. The van der Waals surface area contributed by atoms with Crippen LogP contribution in [0.25, 0.3) is 0 Å². The van der Waals surface area contributed by atoms with Crippen molar-refractivity contribution in [3.05, 3.63) is 24.2 Å². The van der Waals surface area contributed by atoms with Crippen LogP contribution in [0.1, 0.15) is 42.7 Å². The molecule has 1 heterocycles. The lowest BCUT2D eigenvalue weighted by Crippen LogP contribution is -2.46. The van der Waals surface area contributed by atoms with Gasteiger partial charge in [-0.15, -0.1) is 0 Å². The van der Waals surface area contributed by atoms with Crippen LogP contribution in [0.2, 0.25) is 0 Å². The van der Waals surface area contributed by atoms with Gasteiger partial charge >= 0.3 is 0 Å². The molecule has 0 bridgehead atoms. The number of carbonyl (C=O) groups is 2. The SMILES string of the molecule is CN(C(=O)CCNC(=O)c1ccco1)C1CCCCC1O. The second-order valence-electron chi connectivity index (χ2n) is 5.41. The Bertz CT molecular complexity index is 472. The van der Waals surface area contributed by atoms with E-state index in [0.29, 0.717) is 0 Å². The number of furan rings is 1. The first-order chi connectivity index (χ1) is 10.1. The molecule has 2 rings (SSSR count). The van der Waals surface area contributed by atoms with Crippen molar-refractivity contribution in [2.75, 3.05) is 13.6 Å². The monoisotopic (exact) mass is 294 g/mol. The standard InChI is InChI=1S/C15H22N2O4/c1-17(11-5-2-3-6-12(11)18)14(19)8-9-16-15(20)13-7-4-10-21-13/h4,7,10-12,18H,2-3,5-6,8-9H2,1H3,(H,16,20). The zero-order valence-electron chi connectivity index (χ0n) is 12.2. The summed E-state index contributed by atoms with van der Waals surface area (Å²) in [5, 5.41) is 12.6. The minimum atomic E-state index is -0.439. The molecule has 0 aliphatic heterocycles. The molecule has 0 spiro atoms. The number of rotatable bonds is 5. The molecule has 0 aromatic carbocycles. The van der Waals surface area contributed by atoms with E-state index in [-0.39, 0.29) is 36.6 Å². The lowest BCUT2D eigenvalue weighted by Gasteiger charge is -2.35. The maximum atomic E-state index is 12.1. The highest BCUT2D eigenvalue weighted by molar-refractivity contribution is 5.91. The fraction of sp³-hybridized carbons (Fsp3) is 0.600. The van der Waals surface area contributed by atoms with E-state index in [0.717, 1.165) is 25.7 Å². The zero-order chi connectivity index (χ0) is 15.2. The maximum absolute atomic E-state index is 12.1. The minimum absolute atomic E-state index is 0.0688. The highest BCUT2D eigenvalue weighted by Crippen LogP contribution is 2.22. The first kappa shape index (κ1) is 15.6. The highest BCUT2D eigenvalue weighted by atomic mass is 16.3. The lowest BCUT2D eigenvalue weighted by molar-refractivity contribution is -0.135. The van der Waals surface area contributed by atoms with Crippen molar-refractivity contribution in [2.24, 2.45) is 0 Å². The number of hydrogen-bond acceptors (Lipinski definition) is 4.